The van der Waals surface area contributed by atoms with Crippen molar-refractivity contribution in [3.8, 4) is 11.1 Å². The topological polar surface area (TPSA) is 29.5 Å². The molecule has 1 fully saturated rings. The Morgan fingerprint density at radius 1 is 0.958 bits per heavy atom. The van der Waals surface area contributed by atoms with Gasteiger partial charge in [-0.15, -0.1) is 0 Å². The maximum absolute atomic E-state index is 12.2. The van der Waals surface area contributed by atoms with Gasteiger partial charge in [-0.25, -0.2) is 0 Å². The zero-order chi connectivity index (χ0) is 16.6. The van der Waals surface area contributed by atoms with Gasteiger partial charge in [0.1, 0.15) is 5.78 Å². The molecule has 1 aliphatic rings. The summed E-state index contributed by atoms with van der Waals surface area (Å²) in [5.74, 6) is 0.342. The van der Waals surface area contributed by atoms with Crippen LogP contribution in [0.3, 0.4) is 0 Å². The molecule has 0 aliphatic carbocycles. The molecule has 0 N–H and O–H groups in total. The number of benzene rings is 2. The summed E-state index contributed by atoms with van der Waals surface area (Å²) in [6.07, 6.45) is 2.51. The first-order valence-electron chi connectivity index (χ1n) is 8.78. The minimum atomic E-state index is 0.342. The number of carbonyl (C=O) groups is 1. The Bertz CT molecular complexity index is 648. The minimum Gasteiger partial charge on any atom is -0.379 e. The van der Waals surface area contributed by atoms with E-state index >= 15 is 0 Å². The number of hydrogen-bond acceptors (Lipinski definition) is 3. The molecule has 3 heteroatoms. The van der Waals surface area contributed by atoms with Crippen LogP contribution in [0.15, 0.2) is 54.6 Å². The van der Waals surface area contributed by atoms with Crippen LogP contribution in [0.2, 0.25) is 0 Å². The lowest BCUT2D eigenvalue weighted by molar-refractivity contribution is -0.121. The second-order valence-corrected chi connectivity index (χ2v) is 6.30. The number of carbonyl (C=O) groups excluding carboxylic acids is 1. The van der Waals surface area contributed by atoms with Gasteiger partial charge in [0, 0.05) is 19.5 Å². The summed E-state index contributed by atoms with van der Waals surface area (Å²) < 4.78 is 5.32. The molecule has 0 amide bonds. The third kappa shape index (κ3) is 4.76. The molecule has 0 saturated carbocycles. The van der Waals surface area contributed by atoms with Crippen LogP contribution in [0.5, 0.6) is 0 Å². The highest BCUT2D eigenvalue weighted by atomic mass is 16.5. The number of ketones is 1. The van der Waals surface area contributed by atoms with E-state index in [2.05, 4.69) is 53.4 Å². The molecule has 1 aliphatic heterocycles. The summed E-state index contributed by atoms with van der Waals surface area (Å²) in [4.78, 5) is 14.4. The Morgan fingerprint density at radius 3 is 2.46 bits per heavy atom. The van der Waals surface area contributed by atoms with Crippen molar-refractivity contribution in [1.82, 2.24) is 4.90 Å². The van der Waals surface area contributed by atoms with Crippen molar-refractivity contribution in [3.63, 3.8) is 0 Å². The zero-order valence-electron chi connectivity index (χ0n) is 14.1. The van der Waals surface area contributed by atoms with Crippen molar-refractivity contribution >= 4 is 5.78 Å². The zero-order valence-corrected chi connectivity index (χ0v) is 14.1. The van der Waals surface area contributed by atoms with Crippen molar-refractivity contribution in [2.45, 2.75) is 19.3 Å². The molecule has 24 heavy (non-hydrogen) atoms. The Labute approximate surface area is 144 Å². The number of ether oxygens (including phenoxy) is 1. The molecule has 1 heterocycles. The van der Waals surface area contributed by atoms with Crippen LogP contribution in [0.25, 0.3) is 11.1 Å². The number of nitrogens with zero attached hydrogens (tertiary/aromatic N) is 1. The van der Waals surface area contributed by atoms with E-state index in [9.17, 15) is 4.79 Å². The molecular formula is C21H25NO2. The van der Waals surface area contributed by atoms with E-state index in [0.717, 1.165) is 39.1 Å². The van der Waals surface area contributed by atoms with Crippen molar-refractivity contribution in [2.75, 3.05) is 32.8 Å². The van der Waals surface area contributed by atoms with E-state index in [1.54, 1.807) is 0 Å². The summed E-state index contributed by atoms with van der Waals surface area (Å²) in [6, 6.07) is 19.0. The van der Waals surface area contributed by atoms with E-state index in [4.69, 9.17) is 4.74 Å². The van der Waals surface area contributed by atoms with E-state index in [0.29, 0.717) is 18.7 Å². The van der Waals surface area contributed by atoms with Crippen LogP contribution in [0, 0.1) is 0 Å². The van der Waals surface area contributed by atoms with E-state index in [-0.39, 0.29) is 0 Å². The van der Waals surface area contributed by atoms with Crippen LogP contribution in [0.4, 0.5) is 0 Å². The van der Waals surface area contributed by atoms with Gasteiger partial charge in [0.15, 0.2) is 0 Å². The van der Waals surface area contributed by atoms with Crippen LogP contribution in [0.1, 0.15) is 18.4 Å². The number of hydrogen-bond donors (Lipinski definition) is 0. The lowest BCUT2D eigenvalue weighted by atomic mass is 9.96. The summed E-state index contributed by atoms with van der Waals surface area (Å²) >= 11 is 0. The number of Topliss-reactive ketones (excluding diaryl/α,β-unsaturated/α-hetero) is 1. The molecule has 2 aromatic carbocycles. The van der Waals surface area contributed by atoms with Gasteiger partial charge in [-0.1, -0.05) is 54.6 Å². The third-order valence-corrected chi connectivity index (χ3v) is 4.51. The predicted molar refractivity (Wildman–Crippen MR) is 97.1 cm³/mol. The fourth-order valence-corrected chi connectivity index (χ4v) is 3.20. The fourth-order valence-electron chi connectivity index (χ4n) is 3.20. The van der Waals surface area contributed by atoms with Crippen LogP contribution >= 0.6 is 0 Å². The first-order chi connectivity index (χ1) is 11.8. The molecule has 0 unspecified atom stereocenters. The van der Waals surface area contributed by atoms with E-state index in [1.807, 2.05) is 6.07 Å². The second-order valence-electron chi connectivity index (χ2n) is 6.30. The van der Waals surface area contributed by atoms with Crippen molar-refractivity contribution in [2.24, 2.45) is 0 Å². The fraction of sp³-hybridized carbons (Fsp3) is 0.381. The highest BCUT2D eigenvalue weighted by Gasteiger charge is 2.14. The third-order valence-electron chi connectivity index (χ3n) is 4.51. The average molecular weight is 323 g/mol. The molecule has 1 saturated heterocycles. The second kappa shape index (κ2) is 8.76. The molecule has 3 nitrogen and oxygen atoms in total. The number of rotatable bonds is 7. The van der Waals surface area contributed by atoms with Crippen LogP contribution in [-0.2, 0) is 16.0 Å². The number of morpholine rings is 1. The van der Waals surface area contributed by atoms with E-state index < -0.39 is 0 Å². The maximum atomic E-state index is 12.2. The van der Waals surface area contributed by atoms with Gasteiger partial charge in [-0.2, -0.15) is 0 Å². The molecule has 0 atom stereocenters. The molecular weight excluding hydrogens is 298 g/mol. The lowest BCUT2D eigenvalue weighted by Crippen LogP contribution is -2.39. The summed E-state index contributed by atoms with van der Waals surface area (Å²) in [5.41, 5.74) is 3.84. The minimum absolute atomic E-state index is 0.342. The van der Waals surface area contributed by atoms with Gasteiger partial charge in [0.2, 0.25) is 0 Å². The van der Waals surface area contributed by atoms with Gasteiger partial charge in [0.05, 0.1) is 19.8 Å². The normalized spacial score (nSPS) is 15.3. The standard InChI is InChI=1S/C21H25NO2/c23-20(17-22-13-15-24-16-14-22)11-6-10-19-9-4-5-12-21(19)18-7-2-1-3-8-18/h1-5,7-9,12H,6,10-11,13-17H2. The maximum Gasteiger partial charge on any atom is 0.146 e. The molecule has 3 rings (SSSR count). The summed E-state index contributed by atoms with van der Waals surface area (Å²) in [6.45, 7) is 3.82. The van der Waals surface area contributed by atoms with Gasteiger partial charge in [-0.05, 0) is 29.5 Å². The quantitative estimate of drug-likeness (QED) is 0.780. The molecule has 0 aromatic heterocycles. The molecule has 0 bridgehead atoms. The Hall–Kier alpha value is -1.97. The van der Waals surface area contributed by atoms with Crippen molar-refractivity contribution < 1.29 is 9.53 Å². The van der Waals surface area contributed by atoms with Gasteiger partial charge in [-0.3, -0.25) is 9.69 Å². The first-order valence-corrected chi connectivity index (χ1v) is 8.78. The van der Waals surface area contributed by atoms with Crippen molar-refractivity contribution in [3.05, 3.63) is 60.2 Å². The van der Waals surface area contributed by atoms with Crippen LogP contribution < -0.4 is 0 Å². The molecule has 0 spiro atoms. The largest absolute Gasteiger partial charge is 0.379 e. The van der Waals surface area contributed by atoms with Gasteiger partial charge in [0.25, 0.3) is 0 Å². The molecule has 0 radical (unpaired) electrons. The lowest BCUT2D eigenvalue weighted by Gasteiger charge is -2.25. The SMILES string of the molecule is O=C(CCCc1ccccc1-c1ccccc1)CN1CCOCC1. The monoisotopic (exact) mass is 323 g/mol. The average Bonchev–Trinajstić information content (AvgIpc) is 2.64. The van der Waals surface area contributed by atoms with Gasteiger partial charge < -0.3 is 4.74 Å². The Kier molecular flexibility index (Phi) is 6.16. The number of aryl methyl sites for hydroxylation is 1. The highest BCUT2D eigenvalue weighted by molar-refractivity contribution is 5.80. The molecule has 2 aromatic rings. The predicted octanol–water partition coefficient (Wildman–Crippen LogP) is 3.58. The summed E-state index contributed by atoms with van der Waals surface area (Å²) in [7, 11) is 0. The van der Waals surface area contributed by atoms with Gasteiger partial charge >= 0.3 is 0 Å². The first kappa shape index (κ1) is 16.9. The van der Waals surface area contributed by atoms with Crippen molar-refractivity contribution in [1.29, 1.82) is 0 Å². The van der Waals surface area contributed by atoms with Crippen LogP contribution in [-0.4, -0.2) is 43.5 Å². The Balaban J connectivity index is 1.52. The highest BCUT2D eigenvalue weighted by Crippen LogP contribution is 2.24. The molecule has 126 valence electrons. The smallest absolute Gasteiger partial charge is 0.146 e. The Morgan fingerprint density at radius 2 is 1.67 bits per heavy atom. The summed E-state index contributed by atoms with van der Waals surface area (Å²) in [5, 5.41) is 0. The van der Waals surface area contributed by atoms with E-state index in [1.165, 1.54) is 16.7 Å².